The van der Waals surface area contributed by atoms with E-state index >= 15 is 0 Å². The highest BCUT2D eigenvalue weighted by molar-refractivity contribution is 5.87. The minimum absolute atomic E-state index is 0.108. The Bertz CT molecular complexity index is 716. The summed E-state index contributed by atoms with van der Waals surface area (Å²) in [7, 11) is 0. The van der Waals surface area contributed by atoms with Crippen LogP contribution in [-0.2, 0) is 4.79 Å². The molecule has 6 N–H and O–H groups in total. The fourth-order valence-electron chi connectivity index (χ4n) is 2.55. The zero-order chi connectivity index (χ0) is 18.4. The van der Waals surface area contributed by atoms with E-state index in [-0.39, 0.29) is 23.9 Å². The van der Waals surface area contributed by atoms with Crippen LogP contribution in [0.3, 0.4) is 0 Å². The van der Waals surface area contributed by atoms with Gasteiger partial charge in [0.25, 0.3) is 0 Å². The largest absolute Gasteiger partial charge is 0.351 e. The molecule has 2 aromatic rings. The Morgan fingerprint density at radius 1 is 0.920 bits per heavy atom. The average Bonchev–Trinajstić information content (AvgIpc) is 2.61. The second-order valence-corrected chi connectivity index (χ2v) is 6.07. The van der Waals surface area contributed by atoms with Crippen LogP contribution in [0.15, 0.2) is 54.6 Å². The molecule has 0 aromatic heterocycles. The summed E-state index contributed by atoms with van der Waals surface area (Å²) in [6.45, 7) is 3.72. The van der Waals surface area contributed by atoms with Gasteiger partial charge in [0.2, 0.25) is 5.91 Å². The predicted octanol–water partition coefficient (Wildman–Crippen LogP) is 2.69. The van der Waals surface area contributed by atoms with Crippen molar-refractivity contribution < 1.29 is 9.59 Å². The van der Waals surface area contributed by atoms with Crippen LogP contribution < -0.4 is 22.1 Å². The maximum atomic E-state index is 12.5. The molecule has 0 aliphatic rings. The monoisotopic (exact) mass is 340 g/mol. The number of carbonyl (C=O) groups is 2. The molecule has 25 heavy (non-hydrogen) atoms. The van der Waals surface area contributed by atoms with Gasteiger partial charge in [-0.1, -0.05) is 49.4 Å². The molecule has 0 heterocycles. The van der Waals surface area contributed by atoms with Crippen molar-refractivity contribution in [2.75, 3.05) is 5.32 Å². The molecule has 3 amide bonds. The van der Waals surface area contributed by atoms with E-state index < -0.39 is 6.03 Å². The predicted molar refractivity (Wildman–Crippen MR) is 98.7 cm³/mol. The zero-order valence-electron chi connectivity index (χ0n) is 14.4. The van der Waals surface area contributed by atoms with Gasteiger partial charge in [-0.2, -0.15) is 0 Å². The van der Waals surface area contributed by atoms with E-state index in [2.05, 4.69) is 10.6 Å². The van der Waals surface area contributed by atoms with Gasteiger partial charge in [0.05, 0.1) is 12.0 Å². The molecule has 0 fully saturated rings. The summed E-state index contributed by atoms with van der Waals surface area (Å²) in [5.74, 6) is -0.469. The van der Waals surface area contributed by atoms with Gasteiger partial charge in [0.15, 0.2) is 0 Å². The van der Waals surface area contributed by atoms with Crippen LogP contribution in [0.2, 0.25) is 0 Å². The van der Waals surface area contributed by atoms with Gasteiger partial charge >= 0.3 is 6.03 Å². The van der Waals surface area contributed by atoms with E-state index in [1.807, 2.05) is 56.3 Å². The lowest BCUT2D eigenvalue weighted by molar-refractivity contribution is -0.125. The van der Waals surface area contributed by atoms with Gasteiger partial charge in [-0.05, 0) is 30.2 Å². The van der Waals surface area contributed by atoms with Gasteiger partial charge in [-0.25, -0.2) is 4.79 Å². The van der Waals surface area contributed by atoms with Crippen LogP contribution in [0.25, 0.3) is 0 Å². The molecule has 2 aromatic carbocycles. The van der Waals surface area contributed by atoms with Gasteiger partial charge in [0, 0.05) is 11.7 Å². The molecule has 3 atom stereocenters. The SMILES string of the molecule is CC(NC(=O)C(C)C(N)c1ccccc1)c1ccc(NC(N)=O)cc1. The number of amides is 3. The molecule has 6 heteroatoms. The van der Waals surface area contributed by atoms with E-state index in [1.54, 1.807) is 12.1 Å². The number of hydrogen-bond acceptors (Lipinski definition) is 3. The first-order valence-corrected chi connectivity index (χ1v) is 8.16. The lowest BCUT2D eigenvalue weighted by Crippen LogP contribution is -2.36. The number of hydrogen-bond donors (Lipinski definition) is 4. The van der Waals surface area contributed by atoms with Crippen molar-refractivity contribution in [3.63, 3.8) is 0 Å². The van der Waals surface area contributed by atoms with Gasteiger partial charge < -0.3 is 22.1 Å². The Hall–Kier alpha value is -2.86. The molecular weight excluding hydrogens is 316 g/mol. The molecule has 0 spiro atoms. The van der Waals surface area contributed by atoms with Gasteiger partial charge in [-0.3, -0.25) is 4.79 Å². The quantitative estimate of drug-likeness (QED) is 0.649. The van der Waals surface area contributed by atoms with Crippen molar-refractivity contribution >= 4 is 17.6 Å². The molecular formula is C19H24N4O2. The fraction of sp³-hybridized carbons (Fsp3) is 0.263. The minimum atomic E-state index is -0.613. The number of carbonyl (C=O) groups excluding carboxylic acids is 2. The zero-order valence-corrected chi connectivity index (χ0v) is 14.4. The lowest BCUT2D eigenvalue weighted by atomic mass is 9.94. The van der Waals surface area contributed by atoms with E-state index in [0.29, 0.717) is 5.69 Å². The summed E-state index contributed by atoms with van der Waals surface area (Å²) in [6, 6.07) is 15.5. The standard InChI is InChI=1S/C19H24N4O2/c1-12(17(20)15-6-4-3-5-7-15)18(24)22-13(2)14-8-10-16(11-9-14)23-19(21)25/h3-13,17H,20H2,1-2H3,(H,22,24)(H3,21,23,25). The Kier molecular flexibility index (Phi) is 6.14. The molecule has 3 unspecified atom stereocenters. The Balaban J connectivity index is 1.98. The molecule has 0 saturated heterocycles. The highest BCUT2D eigenvalue weighted by Gasteiger charge is 2.23. The van der Waals surface area contributed by atoms with Crippen LogP contribution >= 0.6 is 0 Å². The number of benzene rings is 2. The van der Waals surface area contributed by atoms with Crippen LogP contribution in [0.4, 0.5) is 10.5 Å². The smallest absolute Gasteiger partial charge is 0.316 e. The number of nitrogens with two attached hydrogens (primary N) is 2. The second-order valence-electron chi connectivity index (χ2n) is 6.07. The molecule has 0 aliphatic heterocycles. The van der Waals surface area contributed by atoms with Crippen LogP contribution in [-0.4, -0.2) is 11.9 Å². The first kappa shape index (κ1) is 18.5. The van der Waals surface area contributed by atoms with E-state index in [9.17, 15) is 9.59 Å². The van der Waals surface area contributed by atoms with Crippen LogP contribution in [0.5, 0.6) is 0 Å². The summed E-state index contributed by atoms with van der Waals surface area (Å²) >= 11 is 0. The summed E-state index contributed by atoms with van der Waals surface area (Å²) in [6.07, 6.45) is 0. The summed E-state index contributed by atoms with van der Waals surface area (Å²) in [5, 5.41) is 5.47. The van der Waals surface area contributed by atoms with E-state index in [0.717, 1.165) is 11.1 Å². The molecule has 0 aliphatic carbocycles. The third-order valence-electron chi connectivity index (χ3n) is 4.17. The Morgan fingerprint density at radius 2 is 1.52 bits per heavy atom. The maximum Gasteiger partial charge on any atom is 0.316 e. The first-order chi connectivity index (χ1) is 11.9. The highest BCUT2D eigenvalue weighted by Crippen LogP contribution is 2.21. The average molecular weight is 340 g/mol. The van der Waals surface area contributed by atoms with Crippen LogP contribution in [0.1, 0.15) is 37.1 Å². The topological polar surface area (TPSA) is 110 Å². The summed E-state index contributed by atoms with van der Waals surface area (Å²) in [5.41, 5.74) is 13.7. The highest BCUT2D eigenvalue weighted by atomic mass is 16.2. The number of primary amides is 1. The van der Waals surface area contributed by atoms with Gasteiger partial charge in [0.1, 0.15) is 0 Å². The maximum absolute atomic E-state index is 12.5. The molecule has 2 rings (SSSR count). The number of rotatable bonds is 6. The minimum Gasteiger partial charge on any atom is -0.351 e. The third kappa shape index (κ3) is 5.06. The fourth-order valence-corrected chi connectivity index (χ4v) is 2.55. The molecule has 0 saturated carbocycles. The Labute approximate surface area is 147 Å². The molecule has 0 bridgehead atoms. The Morgan fingerprint density at radius 3 is 2.08 bits per heavy atom. The lowest BCUT2D eigenvalue weighted by Gasteiger charge is -2.22. The van der Waals surface area contributed by atoms with Crippen molar-refractivity contribution in [2.45, 2.75) is 25.9 Å². The summed E-state index contributed by atoms with van der Waals surface area (Å²) in [4.78, 5) is 23.3. The summed E-state index contributed by atoms with van der Waals surface area (Å²) < 4.78 is 0. The third-order valence-corrected chi connectivity index (χ3v) is 4.17. The molecule has 0 radical (unpaired) electrons. The normalized spacial score (nSPS) is 14.2. The van der Waals surface area contributed by atoms with Crippen molar-refractivity contribution in [3.8, 4) is 0 Å². The van der Waals surface area contributed by atoms with Crippen molar-refractivity contribution in [1.29, 1.82) is 0 Å². The van der Waals surface area contributed by atoms with Gasteiger partial charge in [-0.15, -0.1) is 0 Å². The van der Waals surface area contributed by atoms with Crippen molar-refractivity contribution in [2.24, 2.45) is 17.4 Å². The number of anilines is 1. The molecule has 132 valence electrons. The number of urea groups is 1. The second kappa shape index (κ2) is 8.30. The molecule has 6 nitrogen and oxygen atoms in total. The van der Waals surface area contributed by atoms with E-state index in [1.165, 1.54) is 0 Å². The van der Waals surface area contributed by atoms with E-state index in [4.69, 9.17) is 11.5 Å². The van der Waals surface area contributed by atoms with Crippen molar-refractivity contribution in [1.82, 2.24) is 5.32 Å². The number of nitrogens with one attached hydrogen (secondary N) is 2. The van der Waals surface area contributed by atoms with Crippen LogP contribution in [0, 0.1) is 5.92 Å². The first-order valence-electron chi connectivity index (χ1n) is 8.16. The van der Waals surface area contributed by atoms with Crippen molar-refractivity contribution in [3.05, 3.63) is 65.7 Å².